The summed E-state index contributed by atoms with van der Waals surface area (Å²) in [6.45, 7) is 0.554. The van der Waals surface area contributed by atoms with Crippen molar-refractivity contribution >= 4 is 32.5 Å². The van der Waals surface area contributed by atoms with E-state index in [1.165, 1.54) is 19.3 Å². The summed E-state index contributed by atoms with van der Waals surface area (Å²) < 4.78 is 12.9. The minimum absolute atomic E-state index is 0.0975. The summed E-state index contributed by atoms with van der Waals surface area (Å²) >= 11 is 0. The van der Waals surface area contributed by atoms with Crippen molar-refractivity contribution < 1.29 is 9.15 Å². The molecule has 0 radical (unpaired) electrons. The van der Waals surface area contributed by atoms with E-state index in [2.05, 4.69) is 30.3 Å². The fourth-order valence-electron chi connectivity index (χ4n) is 5.23. The molecule has 4 aromatic carbocycles. The van der Waals surface area contributed by atoms with Crippen LogP contribution in [0.15, 0.2) is 88.1 Å². The summed E-state index contributed by atoms with van der Waals surface area (Å²) in [6.07, 6.45) is 6.08. The van der Waals surface area contributed by atoms with Gasteiger partial charge in [-0.05, 0) is 58.5 Å². The Kier molecular flexibility index (Phi) is 5.10. The summed E-state index contributed by atoms with van der Waals surface area (Å²) in [5.41, 5.74) is 1.41. The van der Waals surface area contributed by atoms with Gasteiger partial charge in [-0.1, -0.05) is 79.9 Å². The molecule has 0 saturated heterocycles. The van der Waals surface area contributed by atoms with E-state index in [9.17, 15) is 4.79 Å². The first-order valence-electron chi connectivity index (χ1n) is 11.9. The fraction of sp³-hybridized carbons (Fsp3) is 0.233. The van der Waals surface area contributed by atoms with Crippen molar-refractivity contribution in [3.05, 3.63) is 89.1 Å². The molecule has 1 saturated carbocycles. The minimum Gasteiger partial charge on any atom is -0.486 e. The van der Waals surface area contributed by atoms with Gasteiger partial charge in [0.05, 0.1) is 12.0 Å². The van der Waals surface area contributed by atoms with Gasteiger partial charge in [0, 0.05) is 5.56 Å². The van der Waals surface area contributed by atoms with Crippen LogP contribution in [0, 0.1) is 5.92 Å². The Hall–Kier alpha value is -3.59. The van der Waals surface area contributed by atoms with E-state index in [4.69, 9.17) is 9.15 Å². The third kappa shape index (κ3) is 3.58. The molecule has 33 heavy (non-hydrogen) atoms. The molecule has 6 rings (SSSR count). The number of rotatable bonds is 4. The molecule has 1 fully saturated rings. The topological polar surface area (TPSA) is 39.4 Å². The highest BCUT2D eigenvalue weighted by molar-refractivity contribution is 6.12. The van der Waals surface area contributed by atoms with Crippen molar-refractivity contribution in [2.24, 2.45) is 5.92 Å². The molecule has 3 heteroatoms. The molecule has 164 valence electrons. The lowest BCUT2D eigenvalue weighted by Crippen LogP contribution is -2.19. The zero-order chi connectivity index (χ0) is 22.2. The molecule has 1 aliphatic rings. The smallest absolute Gasteiger partial charge is 0.235 e. The predicted molar refractivity (Wildman–Crippen MR) is 135 cm³/mol. The Labute approximate surface area is 192 Å². The highest BCUT2D eigenvalue weighted by Crippen LogP contribution is 2.41. The van der Waals surface area contributed by atoms with Gasteiger partial charge in [-0.25, -0.2) is 0 Å². The SMILES string of the molecule is O=c1c(OCC2CCCCC2)c(-c2c3ccccc3cc3ccccc23)oc2ccccc12. The van der Waals surface area contributed by atoms with Crippen molar-refractivity contribution in [1.82, 2.24) is 0 Å². The highest BCUT2D eigenvalue weighted by Gasteiger charge is 2.23. The van der Waals surface area contributed by atoms with E-state index in [-0.39, 0.29) is 5.43 Å². The monoisotopic (exact) mass is 434 g/mol. The Bertz CT molecular complexity index is 1470. The van der Waals surface area contributed by atoms with Gasteiger partial charge in [-0.2, -0.15) is 0 Å². The van der Waals surface area contributed by atoms with Gasteiger partial charge in [-0.3, -0.25) is 4.79 Å². The molecule has 5 aromatic rings. The van der Waals surface area contributed by atoms with Crippen molar-refractivity contribution in [2.75, 3.05) is 6.61 Å². The lowest BCUT2D eigenvalue weighted by molar-refractivity contribution is 0.205. The zero-order valence-electron chi connectivity index (χ0n) is 18.6. The van der Waals surface area contributed by atoms with Gasteiger partial charge >= 0.3 is 0 Å². The van der Waals surface area contributed by atoms with E-state index in [0.717, 1.165) is 39.9 Å². The largest absolute Gasteiger partial charge is 0.486 e. The first-order valence-corrected chi connectivity index (χ1v) is 11.9. The average molecular weight is 435 g/mol. The molecule has 0 spiro atoms. The number of fused-ring (bicyclic) bond motifs is 3. The number of para-hydroxylation sites is 1. The minimum atomic E-state index is -0.0975. The lowest BCUT2D eigenvalue weighted by atomic mass is 9.90. The molecule has 0 amide bonds. The summed E-state index contributed by atoms with van der Waals surface area (Å²) in [5.74, 6) is 1.35. The maximum Gasteiger partial charge on any atom is 0.235 e. The van der Waals surface area contributed by atoms with Crippen LogP contribution < -0.4 is 10.2 Å². The van der Waals surface area contributed by atoms with Crippen molar-refractivity contribution in [3.8, 4) is 17.1 Å². The summed E-state index contributed by atoms with van der Waals surface area (Å²) in [6, 6.07) is 26.2. The molecule has 0 atom stereocenters. The van der Waals surface area contributed by atoms with Gasteiger partial charge in [0.15, 0.2) is 5.76 Å². The number of benzene rings is 4. The van der Waals surface area contributed by atoms with Gasteiger partial charge < -0.3 is 9.15 Å². The quantitative estimate of drug-likeness (QED) is 0.272. The molecule has 0 unspecified atom stereocenters. The Morgan fingerprint density at radius 1 is 0.758 bits per heavy atom. The van der Waals surface area contributed by atoms with Crippen LogP contribution in [0.4, 0.5) is 0 Å². The van der Waals surface area contributed by atoms with E-state index in [0.29, 0.717) is 35.0 Å². The number of hydrogen-bond acceptors (Lipinski definition) is 3. The summed E-state index contributed by atoms with van der Waals surface area (Å²) in [5, 5.41) is 4.89. The summed E-state index contributed by atoms with van der Waals surface area (Å²) in [7, 11) is 0. The fourth-order valence-corrected chi connectivity index (χ4v) is 5.23. The normalized spacial score (nSPS) is 14.8. The van der Waals surface area contributed by atoms with Crippen LogP contribution >= 0.6 is 0 Å². The molecule has 1 aliphatic carbocycles. The predicted octanol–water partition coefficient (Wildman–Crippen LogP) is 7.73. The molecule has 0 aliphatic heterocycles. The van der Waals surface area contributed by atoms with Crippen LogP contribution in [-0.4, -0.2) is 6.61 Å². The molecule has 0 bridgehead atoms. The second-order valence-corrected chi connectivity index (χ2v) is 9.09. The van der Waals surface area contributed by atoms with E-state index >= 15 is 0 Å². The van der Waals surface area contributed by atoms with E-state index in [1.54, 1.807) is 0 Å². The van der Waals surface area contributed by atoms with Crippen LogP contribution in [0.1, 0.15) is 32.1 Å². The maximum absolute atomic E-state index is 13.7. The third-order valence-electron chi connectivity index (χ3n) is 6.94. The van der Waals surface area contributed by atoms with Crippen LogP contribution in [-0.2, 0) is 0 Å². The van der Waals surface area contributed by atoms with Crippen molar-refractivity contribution in [3.63, 3.8) is 0 Å². The van der Waals surface area contributed by atoms with E-state index < -0.39 is 0 Å². The van der Waals surface area contributed by atoms with Gasteiger partial charge in [0.25, 0.3) is 0 Å². The Morgan fingerprint density at radius 2 is 1.36 bits per heavy atom. The van der Waals surface area contributed by atoms with E-state index in [1.807, 2.05) is 48.5 Å². The zero-order valence-corrected chi connectivity index (χ0v) is 18.6. The molecular formula is C30H26O3. The van der Waals surface area contributed by atoms with Gasteiger partial charge in [0.1, 0.15) is 5.58 Å². The van der Waals surface area contributed by atoms with Gasteiger partial charge in [0.2, 0.25) is 11.2 Å². The summed E-state index contributed by atoms with van der Waals surface area (Å²) in [4.78, 5) is 13.7. The highest BCUT2D eigenvalue weighted by atomic mass is 16.5. The average Bonchev–Trinajstić information content (AvgIpc) is 2.87. The second-order valence-electron chi connectivity index (χ2n) is 9.09. The number of ether oxygens (including phenoxy) is 1. The molecule has 3 nitrogen and oxygen atoms in total. The van der Waals surface area contributed by atoms with Crippen LogP contribution in [0.2, 0.25) is 0 Å². The second kappa shape index (κ2) is 8.40. The first kappa shape index (κ1) is 20.0. The first-order chi connectivity index (χ1) is 16.3. The Morgan fingerprint density at radius 3 is 2.06 bits per heavy atom. The molecular weight excluding hydrogens is 408 g/mol. The maximum atomic E-state index is 13.7. The lowest BCUT2D eigenvalue weighted by Gasteiger charge is -2.22. The molecule has 0 N–H and O–H groups in total. The number of hydrogen-bond donors (Lipinski definition) is 0. The Balaban J connectivity index is 1.63. The van der Waals surface area contributed by atoms with Crippen molar-refractivity contribution in [1.29, 1.82) is 0 Å². The van der Waals surface area contributed by atoms with Crippen molar-refractivity contribution in [2.45, 2.75) is 32.1 Å². The van der Waals surface area contributed by atoms with Gasteiger partial charge in [-0.15, -0.1) is 0 Å². The molecule has 1 heterocycles. The van der Waals surface area contributed by atoms with Crippen LogP contribution in [0.25, 0.3) is 43.8 Å². The van der Waals surface area contributed by atoms with Crippen LogP contribution in [0.3, 0.4) is 0 Å². The van der Waals surface area contributed by atoms with Crippen LogP contribution in [0.5, 0.6) is 5.75 Å². The standard InChI is InChI=1S/C30H26O3/c31-28-25-16-8-9-17-26(25)33-29(30(28)32-19-20-10-2-1-3-11-20)27-23-14-6-4-12-21(23)18-22-13-5-7-15-24(22)27/h4-9,12-18,20H,1-3,10-11,19H2. The molecule has 1 aromatic heterocycles. The third-order valence-corrected chi connectivity index (χ3v) is 6.94.